The lowest BCUT2D eigenvalue weighted by Gasteiger charge is -2.13. The van der Waals surface area contributed by atoms with E-state index in [0.29, 0.717) is 6.54 Å². The molecule has 0 fully saturated rings. The van der Waals surface area contributed by atoms with E-state index in [0.717, 1.165) is 16.3 Å². The van der Waals surface area contributed by atoms with Gasteiger partial charge in [0.2, 0.25) is 5.91 Å². The molecule has 4 nitrogen and oxygen atoms in total. The number of rotatable bonds is 5. The second-order valence-corrected chi connectivity index (χ2v) is 4.47. The Labute approximate surface area is 124 Å². The molecule has 2 rings (SSSR count). The van der Waals surface area contributed by atoms with E-state index >= 15 is 0 Å². The largest absolute Gasteiger partial charge is 0.387 e. The average Bonchev–Trinajstić information content (AvgIpc) is 2.44. The molecule has 2 aromatic carbocycles. The van der Waals surface area contributed by atoms with Crippen LogP contribution in [0, 0.1) is 0 Å². The number of carbonyl (C=O) groups excluding carboxylic acids is 1. The van der Waals surface area contributed by atoms with Gasteiger partial charge in [-0.3, -0.25) is 4.79 Å². The predicted molar refractivity (Wildman–Crippen MR) is 82.8 cm³/mol. The summed E-state index contributed by atoms with van der Waals surface area (Å²) in [5.41, 5.74) is 6.08. The first-order valence-electron chi connectivity index (χ1n) is 6.34. The molecule has 0 aliphatic carbocycles. The number of benzene rings is 2. The molecule has 1 amide bonds. The van der Waals surface area contributed by atoms with E-state index in [4.69, 9.17) is 5.73 Å². The maximum absolute atomic E-state index is 11.3. The predicted octanol–water partition coefficient (Wildman–Crippen LogP) is 1.76. The zero-order valence-electron chi connectivity index (χ0n) is 11.1. The molecule has 1 atom stereocenters. The first kappa shape index (κ1) is 16.4. The van der Waals surface area contributed by atoms with Gasteiger partial charge in [0, 0.05) is 19.5 Å². The number of halogens is 1. The summed E-state index contributed by atoms with van der Waals surface area (Å²) in [7, 11) is 0. The van der Waals surface area contributed by atoms with Crippen LogP contribution in [-0.2, 0) is 4.79 Å². The Morgan fingerprint density at radius 2 is 1.90 bits per heavy atom. The summed E-state index contributed by atoms with van der Waals surface area (Å²) in [6, 6.07) is 13.7. The van der Waals surface area contributed by atoms with Gasteiger partial charge >= 0.3 is 0 Å². The third kappa shape index (κ3) is 4.20. The Morgan fingerprint density at radius 3 is 2.60 bits per heavy atom. The Bertz CT molecular complexity index is 575. The highest BCUT2D eigenvalue weighted by Crippen LogP contribution is 2.19. The monoisotopic (exact) mass is 294 g/mol. The first-order chi connectivity index (χ1) is 9.20. The van der Waals surface area contributed by atoms with Crippen molar-refractivity contribution in [1.29, 1.82) is 0 Å². The van der Waals surface area contributed by atoms with Gasteiger partial charge in [0.25, 0.3) is 0 Å². The topological polar surface area (TPSA) is 75.4 Å². The molecule has 0 heterocycles. The highest BCUT2D eigenvalue weighted by molar-refractivity contribution is 5.85. The summed E-state index contributed by atoms with van der Waals surface area (Å²) >= 11 is 0. The number of hydrogen-bond donors (Lipinski definition) is 3. The van der Waals surface area contributed by atoms with Crippen LogP contribution in [0.2, 0.25) is 0 Å². The van der Waals surface area contributed by atoms with Gasteiger partial charge < -0.3 is 16.2 Å². The molecular weight excluding hydrogens is 276 g/mol. The lowest BCUT2D eigenvalue weighted by atomic mass is 10.0. The van der Waals surface area contributed by atoms with Crippen molar-refractivity contribution in [3.05, 3.63) is 48.0 Å². The fourth-order valence-electron chi connectivity index (χ4n) is 1.96. The molecule has 0 saturated carbocycles. The standard InChI is InChI=1S/C15H18N2O2.ClH/c16-8-7-15(19)17-10-14(18)13-6-5-11-3-1-2-4-12(11)9-13;/h1-6,9,14,18H,7-8,10,16H2,(H,17,19);1H. The van der Waals surface area contributed by atoms with Crippen LogP contribution in [0.5, 0.6) is 0 Å². The number of fused-ring (bicyclic) bond motifs is 1. The van der Waals surface area contributed by atoms with Crippen LogP contribution in [0.1, 0.15) is 18.1 Å². The number of nitrogens with two attached hydrogens (primary N) is 1. The molecule has 0 radical (unpaired) electrons. The Hall–Kier alpha value is -1.62. The SMILES string of the molecule is Cl.NCCC(=O)NCC(O)c1ccc2ccccc2c1. The molecule has 0 bridgehead atoms. The van der Waals surface area contributed by atoms with Gasteiger partial charge in [-0.25, -0.2) is 0 Å². The van der Waals surface area contributed by atoms with Gasteiger partial charge in [0.1, 0.15) is 0 Å². The van der Waals surface area contributed by atoms with E-state index in [9.17, 15) is 9.90 Å². The molecule has 0 spiro atoms. The molecule has 0 saturated heterocycles. The van der Waals surface area contributed by atoms with Gasteiger partial charge in [0.15, 0.2) is 0 Å². The van der Waals surface area contributed by atoms with Crippen LogP contribution in [0.15, 0.2) is 42.5 Å². The number of aliphatic hydroxyl groups excluding tert-OH is 1. The van der Waals surface area contributed by atoms with Crippen LogP contribution >= 0.6 is 12.4 Å². The molecular formula is C15H19ClN2O2. The highest BCUT2D eigenvalue weighted by atomic mass is 35.5. The molecule has 0 aromatic heterocycles. The molecule has 0 aliphatic rings. The van der Waals surface area contributed by atoms with Crippen molar-refractivity contribution in [2.45, 2.75) is 12.5 Å². The summed E-state index contributed by atoms with van der Waals surface area (Å²) in [5.74, 6) is -0.137. The van der Waals surface area contributed by atoms with Crippen LogP contribution < -0.4 is 11.1 Å². The second kappa shape index (κ2) is 7.85. The van der Waals surface area contributed by atoms with Gasteiger partial charge in [-0.2, -0.15) is 0 Å². The minimum absolute atomic E-state index is 0. The zero-order valence-corrected chi connectivity index (χ0v) is 11.9. The van der Waals surface area contributed by atoms with Crippen molar-refractivity contribution >= 4 is 29.1 Å². The molecule has 4 N–H and O–H groups in total. The number of amides is 1. The summed E-state index contributed by atoms with van der Waals surface area (Å²) in [6.07, 6.45) is -0.420. The molecule has 108 valence electrons. The van der Waals surface area contributed by atoms with Crippen molar-refractivity contribution in [1.82, 2.24) is 5.32 Å². The van der Waals surface area contributed by atoms with Crippen molar-refractivity contribution in [2.75, 3.05) is 13.1 Å². The second-order valence-electron chi connectivity index (χ2n) is 4.47. The van der Waals surface area contributed by atoms with Crippen molar-refractivity contribution in [3.63, 3.8) is 0 Å². The number of nitrogens with one attached hydrogen (secondary N) is 1. The van der Waals surface area contributed by atoms with E-state index in [2.05, 4.69) is 5.32 Å². The summed E-state index contributed by atoms with van der Waals surface area (Å²) in [6.45, 7) is 0.523. The van der Waals surface area contributed by atoms with Crippen LogP contribution in [0.3, 0.4) is 0 Å². The van der Waals surface area contributed by atoms with Crippen molar-refractivity contribution in [3.8, 4) is 0 Å². The minimum Gasteiger partial charge on any atom is -0.387 e. The Kier molecular flexibility index (Phi) is 6.45. The molecule has 5 heteroatoms. The van der Waals surface area contributed by atoms with E-state index in [-0.39, 0.29) is 31.3 Å². The van der Waals surface area contributed by atoms with E-state index < -0.39 is 6.10 Å². The third-order valence-electron chi connectivity index (χ3n) is 3.02. The van der Waals surface area contributed by atoms with Gasteiger partial charge in [-0.05, 0) is 22.4 Å². The van der Waals surface area contributed by atoms with Crippen LogP contribution in [-0.4, -0.2) is 24.1 Å². The number of hydrogen-bond acceptors (Lipinski definition) is 3. The molecule has 1 unspecified atom stereocenters. The summed E-state index contributed by atoms with van der Waals surface area (Å²) in [4.78, 5) is 11.3. The quantitative estimate of drug-likeness (QED) is 0.786. The molecule has 20 heavy (non-hydrogen) atoms. The van der Waals surface area contributed by atoms with Crippen molar-refractivity contribution < 1.29 is 9.90 Å². The first-order valence-corrected chi connectivity index (χ1v) is 6.34. The fourth-order valence-corrected chi connectivity index (χ4v) is 1.96. The normalized spacial score (nSPS) is 11.7. The molecule has 0 aliphatic heterocycles. The van der Waals surface area contributed by atoms with E-state index in [1.54, 1.807) is 0 Å². The zero-order chi connectivity index (χ0) is 13.7. The smallest absolute Gasteiger partial charge is 0.221 e. The third-order valence-corrected chi connectivity index (χ3v) is 3.02. The van der Waals surface area contributed by atoms with Crippen LogP contribution in [0.25, 0.3) is 10.8 Å². The van der Waals surface area contributed by atoms with Crippen molar-refractivity contribution in [2.24, 2.45) is 5.73 Å². The maximum Gasteiger partial charge on any atom is 0.221 e. The number of carbonyl (C=O) groups is 1. The fraction of sp³-hybridized carbons (Fsp3) is 0.267. The Balaban J connectivity index is 0.00000200. The summed E-state index contributed by atoms with van der Waals surface area (Å²) in [5, 5.41) is 14.9. The highest BCUT2D eigenvalue weighted by Gasteiger charge is 2.09. The number of aliphatic hydroxyl groups is 1. The lowest BCUT2D eigenvalue weighted by Crippen LogP contribution is -2.29. The maximum atomic E-state index is 11.3. The summed E-state index contributed by atoms with van der Waals surface area (Å²) < 4.78 is 0. The molecule has 2 aromatic rings. The van der Waals surface area contributed by atoms with Gasteiger partial charge in [0.05, 0.1) is 6.10 Å². The van der Waals surface area contributed by atoms with Gasteiger partial charge in [-0.1, -0.05) is 36.4 Å². The lowest BCUT2D eigenvalue weighted by molar-refractivity contribution is -0.121. The Morgan fingerprint density at radius 1 is 1.20 bits per heavy atom. The van der Waals surface area contributed by atoms with Crippen LogP contribution in [0.4, 0.5) is 0 Å². The van der Waals surface area contributed by atoms with E-state index in [1.807, 2.05) is 42.5 Å². The van der Waals surface area contributed by atoms with Gasteiger partial charge in [-0.15, -0.1) is 12.4 Å². The average molecular weight is 295 g/mol. The minimum atomic E-state index is -0.702. The van der Waals surface area contributed by atoms with E-state index in [1.165, 1.54) is 0 Å².